The number of aromatic amines is 1. The lowest BCUT2D eigenvalue weighted by Crippen LogP contribution is -1.95. The third kappa shape index (κ3) is 2.59. The molecule has 0 saturated heterocycles. The first-order valence-electron chi connectivity index (χ1n) is 8.21. The molecule has 0 aliphatic rings. The van der Waals surface area contributed by atoms with Crippen molar-refractivity contribution in [1.29, 1.82) is 0 Å². The molecule has 0 bridgehead atoms. The van der Waals surface area contributed by atoms with E-state index in [0.717, 1.165) is 39.0 Å². The predicted molar refractivity (Wildman–Crippen MR) is 105 cm³/mol. The van der Waals surface area contributed by atoms with Gasteiger partial charge in [-0.05, 0) is 54.6 Å². The van der Waals surface area contributed by atoms with Gasteiger partial charge in [-0.25, -0.2) is 9.67 Å². The summed E-state index contributed by atoms with van der Waals surface area (Å²) in [6.07, 6.45) is 5.65. The second-order valence-electron chi connectivity index (χ2n) is 6.04. The molecular formula is C20H14ClN5. The zero-order valence-corrected chi connectivity index (χ0v) is 14.4. The maximum absolute atomic E-state index is 6.04. The summed E-state index contributed by atoms with van der Waals surface area (Å²) in [6, 6.07) is 17.7. The molecule has 0 aliphatic carbocycles. The van der Waals surface area contributed by atoms with Gasteiger partial charge in [-0.3, -0.25) is 0 Å². The first kappa shape index (κ1) is 15.0. The van der Waals surface area contributed by atoms with Gasteiger partial charge in [0.05, 0.1) is 16.9 Å². The molecule has 3 heterocycles. The Balaban J connectivity index is 1.54. The monoisotopic (exact) mass is 359 g/mol. The van der Waals surface area contributed by atoms with Crippen molar-refractivity contribution >= 4 is 44.9 Å². The molecule has 5 rings (SSSR count). The van der Waals surface area contributed by atoms with Crippen molar-refractivity contribution in [3.63, 3.8) is 0 Å². The van der Waals surface area contributed by atoms with Crippen LogP contribution in [0.25, 0.3) is 27.5 Å². The fourth-order valence-electron chi connectivity index (χ4n) is 3.08. The molecular weight excluding hydrogens is 346 g/mol. The highest BCUT2D eigenvalue weighted by atomic mass is 35.5. The molecule has 0 amide bonds. The highest BCUT2D eigenvalue weighted by Gasteiger charge is 2.07. The number of nitrogens with zero attached hydrogens (tertiary/aromatic N) is 3. The quantitative estimate of drug-likeness (QED) is 0.459. The summed E-state index contributed by atoms with van der Waals surface area (Å²) >= 11 is 6.04. The first-order chi connectivity index (χ1) is 12.8. The van der Waals surface area contributed by atoms with Gasteiger partial charge < -0.3 is 10.3 Å². The second-order valence-corrected chi connectivity index (χ2v) is 6.48. The van der Waals surface area contributed by atoms with Gasteiger partial charge >= 0.3 is 0 Å². The lowest BCUT2D eigenvalue weighted by Gasteiger charge is -2.07. The third-order valence-electron chi connectivity index (χ3n) is 4.35. The average Bonchev–Trinajstić information content (AvgIpc) is 3.32. The van der Waals surface area contributed by atoms with Gasteiger partial charge in [0.25, 0.3) is 0 Å². The number of aromatic nitrogens is 4. The molecule has 0 aliphatic heterocycles. The predicted octanol–water partition coefficient (Wildman–Crippen LogP) is 5.30. The van der Waals surface area contributed by atoms with Crippen LogP contribution in [-0.4, -0.2) is 19.7 Å². The Bertz CT molecular complexity index is 1220. The van der Waals surface area contributed by atoms with Crippen LogP contribution < -0.4 is 5.32 Å². The maximum atomic E-state index is 6.04. The Morgan fingerprint density at radius 3 is 2.88 bits per heavy atom. The van der Waals surface area contributed by atoms with E-state index in [4.69, 9.17) is 11.6 Å². The van der Waals surface area contributed by atoms with Crippen LogP contribution in [-0.2, 0) is 0 Å². The molecule has 2 N–H and O–H groups in total. The summed E-state index contributed by atoms with van der Waals surface area (Å²) in [5.41, 5.74) is 3.92. The van der Waals surface area contributed by atoms with Crippen molar-refractivity contribution < 1.29 is 0 Å². The van der Waals surface area contributed by atoms with Crippen molar-refractivity contribution in [2.75, 3.05) is 5.32 Å². The molecule has 0 atom stereocenters. The topological polar surface area (TPSA) is 58.5 Å². The van der Waals surface area contributed by atoms with Gasteiger partial charge in [0.2, 0.25) is 0 Å². The minimum atomic E-state index is 0.711. The van der Waals surface area contributed by atoms with E-state index in [1.54, 1.807) is 6.20 Å². The molecule has 3 aromatic heterocycles. The number of halogens is 1. The Kier molecular flexibility index (Phi) is 3.40. The molecule has 6 heteroatoms. The van der Waals surface area contributed by atoms with Crippen LogP contribution in [0.5, 0.6) is 0 Å². The third-order valence-corrected chi connectivity index (χ3v) is 4.58. The van der Waals surface area contributed by atoms with Gasteiger partial charge in [0.15, 0.2) is 0 Å². The van der Waals surface area contributed by atoms with Gasteiger partial charge in [-0.15, -0.1) is 0 Å². The van der Waals surface area contributed by atoms with Crippen molar-refractivity contribution in [1.82, 2.24) is 19.7 Å². The normalized spacial score (nSPS) is 11.3. The summed E-state index contributed by atoms with van der Waals surface area (Å²) in [5.74, 6) is 0.783. The van der Waals surface area contributed by atoms with E-state index in [-0.39, 0.29) is 0 Å². The molecule has 0 fully saturated rings. The summed E-state index contributed by atoms with van der Waals surface area (Å²) < 4.78 is 1.84. The zero-order chi connectivity index (χ0) is 17.5. The smallest absolute Gasteiger partial charge is 0.131 e. The molecule has 26 heavy (non-hydrogen) atoms. The van der Waals surface area contributed by atoms with Crippen LogP contribution in [0.3, 0.4) is 0 Å². The Morgan fingerprint density at radius 2 is 2.00 bits per heavy atom. The number of hydrogen-bond donors (Lipinski definition) is 2. The van der Waals surface area contributed by atoms with Gasteiger partial charge in [0, 0.05) is 39.9 Å². The maximum Gasteiger partial charge on any atom is 0.131 e. The van der Waals surface area contributed by atoms with Crippen LogP contribution in [0.4, 0.5) is 11.5 Å². The highest BCUT2D eigenvalue weighted by Crippen LogP contribution is 2.28. The van der Waals surface area contributed by atoms with Crippen LogP contribution in [0.15, 0.2) is 73.2 Å². The van der Waals surface area contributed by atoms with Gasteiger partial charge in [-0.1, -0.05) is 11.6 Å². The van der Waals surface area contributed by atoms with E-state index >= 15 is 0 Å². The van der Waals surface area contributed by atoms with Crippen LogP contribution in [0.2, 0.25) is 5.02 Å². The summed E-state index contributed by atoms with van der Waals surface area (Å²) in [6.45, 7) is 0. The number of hydrogen-bond acceptors (Lipinski definition) is 3. The van der Waals surface area contributed by atoms with Crippen molar-refractivity contribution in [3.8, 4) is 5.69 Å². The highest BCUT2D eigenvalue weighted by molar-refractivity contribution is 6.31. The van der Waals surface area contributed by atoms with E-state index in [2.05, 4.69) is 26.4 Å². The lowest BCUT2D eigenvalue weighted by molar-refractivity contribution is 0.882. The molecule has 126 valence electrons. The van der Waals surface area contributed by atoms with Gasteiger partial charge in [0.1, 0.15) is 5.82 Å². The van der Waals surface area contributed by atoms with Crippen molar-refractivity contribution in [2.24, 2.45) is 0 Å². The second kappa shape index (κ2) is 5.89. The average molecular weight is 360 g/mol. The fourth-order valence-corrected chi connectivity index (χ4v) is 3.26. The Labute approximate surface area is 154 Å². The fraction of sp³-hybridized carbons (Fsp3) is 0. The summed E-state index contributed by atoms with van der Waals surface area (Å²) in [5, 5.41) is 10.5. The Hall–Kier alpha value is -3.31. The van der Waals surface area contributed by atoms with E-state index in [0.29, 0.717) is 5.02 Å². The first-order valence-corrected chi connectivity index (χ1v) is 8.58. The van der Waals surface area contributed by atoms with Crippen LogP contribution in [0, 0.1) is 0 Å². The van der Waals surface area contributed by atoms with E-state index in [1.807, 2.05) is 65.6 Å². The largest absolute Gasteiger partial charge is 0.359 e. The number of H-pyrrole nitrogens is 1. The number of nitrogens with one attached hydrogen (secondary N) is 2. The SMILES string of the molecule is Clc1ccc2nc(Nc3c[nH]c4ccc(-n5cccn5)cc34)ccc2c1. The number of benzene rings is 2. The van der Waals surface area contributed by atoms with Crippen LogP contribution >= 0.6 is 11.6 Å². The number of pyridine rings is 1. The van der Waals surface area contributed by atoms with E-state index in [1.165, 1.54) is 0 Å². The molecule has 0 unspecified atom stereocenters. The van der Waals surface area contributed by atoms with E-state index in [9.17, 15) is 0 Å². The minimum Gasteiger partial charge on any atom is -0.359 e. The zero-order valence-electron chi connectivity index (χ0n) is 13.6. The molecule has 5 aromatic rings. The van der Waals surface area contributed by atoms with Crippen LogP contribution in [0.1, 0.15) is 0 Å². The Morgan fingerprint density at radius 1 is 1.04 bits per heavy atom. The lowest BCUT2D eigenvalue weighted by atomic mass is 10.2. The van der Waals surface area contributed by atoms with Crippen molar-refractivity contribution in [2.45, 2.75) is 0 Å². The van der Waals surface area contributed by atoms with Gasteiger partial charge in [-0.2, -0.15) is 5.10 Å². The molecule has 0 spiro atoms. The van der Waals surface area contributed by atoms with Crippen molar-refractivity contribution in [3.05, 3.63) is 78.2 Å². The molecule has 5 nitrogen and oxygen atoms in total. The molecule has 0 radical (unpaired) electrons. The number of fused-ring (bicyclic) bond motifs is 2. The number of anilines is 2. The minimum absolute atomic E-state index is 0.711. The van der Waals surface area contributed by atoms with E-state index < -0.39 is 0 Å². The molecule has 2 aromatic carbocycles. The number of rotatable bonds is 3. The molecule has 0 saturated carbocycles. The summed E-state index contributed by atoms with van der Waals surface area (Å²) in [7, 11) is 0. The standard InChI is InChI=1S/C20H14ClN5/c21-14-3-5-17-13(10-14)2-7-20(24-17)25-19-12-22-18-6-4-15(11-16(18)19)26-9-1-8-23-26/h1-12,22H,(H,24,25). The summed E-state index contributed by atoms with van der Waals surface area (Å²) in [4.78, 5) is 7.96.